The number of anilines is 1. The Morgan fingerprint density at radius 3 is 2.53 bits per heavy atom. The van der Waals surface area contributed by atoms with Gasteiger partial charge in [-0.25, -0.2) is 4.98 Å². The molecule has 2 amide bonds. The van der Waals surface area contributed by atoms with Gasteiger partial charge in [0.25, 0.3) is 11.8 Å². The molecule has 5 rings (SSSR count). The summed E-state index contributed by atoms with van der Waals surface area (Å²) in [5, 5.41) is 11.1. The van der Waals surface area contributed by atoms with Gasteiger partial charge in [0.15, 0.2) is 5.65 Å². The van der Waals surface area contributed by atoms with Crippen molar-refractivity contribution in [3.8, 4) is 11.3 Å². The molecule has 1 aliphatic rings. The van der Waals surface area contributed by atoms with Gasteiger partial charge in [0, 0.05) is 29.9 Å². The van der Waals surface area contributed by atoms with Crippen molar-refractivity contribution in [1.82, 2.24) is 20.1 Å². The summed E-state index contributed by atoms with van der Waals surface area (Å²) in [4.78, 5) is 30.5. The molecule has 7 heteroatoms. The van der Waals surface area contributed by atoms with Gasteiger partial charge in [-0.3, -0.25) is 14.3 Å². The highest BCUT2D eigenvalue weighted by atomic mass is 16.2. The Labute approximate surface area is 185 Å². The Kier molecular flexibility index (Phi) is 4.93. The largest absolute Gasteiger partial charge is 0.349 e. The van der Waals surface area contributed by atoms with Gasteiger partial charge >= 0.3 is 0 Å². The minimum Gasteiger partial charge on any atom is -0.349 e. The first-order chi connectivity index (χ1) is 15.5. The molecular weight excluding hydrogens is 402 g/mol. The van der Waals surface area contributed by atoms with Crippen LogP contribution in [0.2, 0.25) is 0 Å². The second-order valence-corrected chi connectivity index (χ2v) is 8.11. The van der Waals surface area contributed by atoms with Crippen molar-refractivity contribution < 1.29 is 9.59 Å². The van der Waals surface area contributed by atoms with Crippen molar-refractivity contribution in [3.63, 3.8) is 0 Å². The maximum atomic E-state index is 13.4. The summed E-state index contributed by atoms with van der Waals surface area (Å²) in [6, 6.07) is 18.8. The number of amides is 2. The average Bonchev–Trinajstić information content (AvgIpc) is 3.57. The Morgan fingerprint density at radius 1 is 1.00 bits per heavy atom. The highest BCUT2D eigenvalue weighted by molar-refractivity contribution is 6.13. The topological polar surface area (TPSA) is 88.9 Å². The SMILES string of the molecule is Cc1nn(C)c2nc(-c3ccccc3)cc(C(=O)Nc3cccc(C(=O)NC4CC4)c3)c12. The summed E-state index contributed by atoms with van der Waals surface area (Å²) in [7, 11) is 1.82. The van der Waals surface area contributed by atoms with Crippen molar-refractivity contribution in [2.24, 2.45) is 7.05 Å². The van der Waals surface area contributed by atoms with Crippen LogP contribution in [0, 0.1) is 6.92 Å². The smallest absolute Gasteiger partial charge is 0.256 e. The van der Waals surface area contributed by atoms with Gasteiger partial charge in [-0.2, -0.15) is 5.10 Å². The van der Waals surface area contributed by atoms with Gasteiger partial charge in [-0.1, -0.05) is 36.4 Å². The maximum Gasteiger partial charge on any atom is 0.256 e. The number of aryl methyl sites for hydroxylation is 2. The van der Waals surface area contributed by atoms with Crippen LogP contribution in [0.15, 0.2) is 60.7 Å². The first kappa shape index (κ1) is 19.9. The van der Waals surface area contributed by atoms with E-state index in [4.69, 9.17) is 4.98 Å². The zero-order chi connectivity index (χ0) is 22.2. The molecular formula is C25H23N5O2. The quantitative estimate of drug-likeness (QED) is 0.504. The molecule has 4 aromatic rings. The van der Waals surface area contributed by atoms with E-state index in [2.05, 4.69) is 15.7 Å². The molecule has 0 spiro atoms. The zero-order valence-electron chi connectivity index (χ0n) is 17.9. The van der Waals surface area contributed by atoms with Crippen molar-refractivity contribution in [1.29, 1.82) is 0 Å². The van der Waals surface area contributed by atoms with Crippen LogP contribution in [-0.2, 0) is 7.05 Å². The predicted molar refractivity (Wildman–Crippen MR) is 124 cm³/mol. The van der Waals surface area contributed by atoms with E-state index in [1.165, 1.54) is 0 Å². The van der Waals surface area contributed by atoms with Crippen molar-refractivity contribution in [2.45, 2.75) is 25.8 Å². The number of benzene rings is 2. The molecule has 2 heterocycles. The molecule has 2 aromatic heterocycles. The monoisotopic (exact) mass is 425 g/mol. The van der Waals surface area contributed by atoms with E-state index in [1.54, 1.807) is 35.0 Å². The fraction of sp³-hybridized carbons (Fsp3) is 0.200. The van der Waals surface area contributed by atoms with Gasteiger partial charge in [0.05, 0.1) is 22.3 Å². The molecule has 1 saturated carbocycles. The first-order valence-electron chi connectivity index (χ1n) is 10.6. The second kappa shape index (κ2) is 7.92. The summed E-state index contributed by atoms with van der Waals surface area (Å²) < 4.78 is 1.69. The van der Waals surface area contributed by atoms with Crippen molar-refractivity contribution in [3.05, 3.63) is 77.5 Å². The number of hydrogen-bond acceptors (Lipinski definition) is 4. The van der Waals surface area contributed by atoms with Gasteiger partial charge in [0.1, 0.15) is 0 Å². The molecule has 0 saturated heterocycles. The molecule has 160 valence electrons. The maximum absolute atomic E-state index is 13.4. The predicted octanol–water partition coefficient (Wildman–Crippen LogP) is 4.09. The highest BCUT2D eigenvalue weighted by Gasteiger charge is 2.24. The molecule has 0 aliphatic heterocycles. The van der Waals surface area contributed by atoms with Gasteiger partial charge in [-0.15, -0.1) is 0 Å². The standard InChI is InChI=1S/C25H23N5O2/c1-15-22-20(14-21(16-7-4-3-5-8-16)28-23(22)30(2)29-15)25(32)27-19-10-6-9-17(13-19)24(31)26-18-11-12-18/h3-10,13-14,18H,11-12H2,1-2H3,(H,26,31)(H,27,32). The lowest BCUT2D eigenvalue weighted by atomic mass is 10.0. The first-order valence-corrected chi connectivity index (χ1v) is 10.6. The van der Waals surface area contributed by atoms with Crippen LogP contribution in [0.5, 0.6) is 0 Å². The van der Waals surface area contributed by atoms with Crippen LogP contribution < -0.4 is 10.6 Å². The second-order valence-electron chi connectivity index (χ2n) is 8.11. The zero-order valence-corrected chi connectivity index (χ0v) is 17.9. The summed E-state index contributed by atoms with van der Waals surface area (Å²) in [5.41, 5.74) is 4.57. The summed E-state index contributed by atoms with van der Waals surface area (Å²) in [6.07, 6.45) is 2.04. The van der Waals surface area contributed by atoms with E-state index in [9.17, 15) is 9.59 Å². The third kappa shape index (κ3) is 3.85. The number of carbonyl (C=O) groups is 2. The minimum atomic E-state index is -0.273. The molecule has 32 heavy (non-hydrogen) atoms. The number of pyridine rings is 1. The van der Waals surface area contributed by atoms with E-state index >= 15 is 0 Å². The number of aromatic nitrogens is 3. The lowest BCUT2D eigenvalue weighted by molar-refractivity contribution is 0.0949. The van der Waals surface area contributed by atoms with E-state index in [0.717, 1.165) is 24.1 Å². The average molecular weight is 425 g/mol. The van der Waals surface area contributed by atoms with Crippen LogP contribution in [0.3, 0.4) is 0 Å². The molecule has 0 bridgehead atoms. The van der Waals surface area contributed by atoms with Crippen molar-refractivity contribution in [2.75, 3.05) is 5.32 Å². The van der Waals surface area contributed by atoms with Gasteiger partial charge in [-0.05, 0) is 44.0 Å². The summed E-state index contributed by atoms with van der Waals surface area (Å²) >= 11 is 0. The Bertz CT molecular complexity index is 1340. The van der Waals surface area contributed by atoms with E-state index < -0.39 is 0 Å². The molecule has 1 fully saturated rings. The number of fused-ring (bicyclic) bond motifs is 1. The number of rotatable bonds is 5. The normalized spacial score (nSPS) is 13.2. The highest BCUT2D eigenvalue weighted by Crippen LogP contribution is 2.27. The van der Waals surface area contributed by atoms with Crippen LogP contribution in [-0.4, -0.2) is 32.6 Å². The van der Waals surface area contributed by atoms with E-state index in [0.29, 0.717) is 33.5 Å². The fourth-order valence-corrected chi connectivity index (χ4v) is 3.81. The number of nitrogens with one attached hydrogen (secondary N) is 2. The van der Waals surface area contributed by atoms with Crippen molar-refractivity contribution >= 4 is 28.5 Å². The summed E-state index contributed by atoms with van der Waals surface area (Å²) in [5.74, 6) is -0.394. The molecule has 1 aliphatic carbocycles. The molecule has 0 atom stereocenters. The lowest BCUT2D eigenvalue weighted by Gasteiger charge is -2.11. The Hall–Kier alpha value is -4.00. The third-order valence-corrected chi connectivity index (χ3v) is 5.58. The van der Waals surface area contributed by atoms with Gasteiger partial charge < -0.3 is 10.6 Å². The number of hydrogen-bond donors (Lipinski definition) is 2. The van der Waals surface area contributed by atoms with Crippen LogP contribution in [0.1, 0.15) is 39.3 Å². The Morgan fingerprint density at radius 2 is 1.78 bits per heavy atom. The molecule has 2 aromatic carbocycles. The van der Waals surface area contributed by atoms with Crippen LogP contribution in [0.25, 0.3) is 22.3 Å². The number of carbonyl (C=O) groups excluding carboxylic acids is 2. The fourth-order valence-electron chi connectivity index (χ4n) is 3.81. The van der Waals surface area contributed by atoms with Crippen LogP contribution >= 0.6 is 0 Å². The van der Waals surface area contributed by atoms with E-state index in [1.807, 2.05) is 44.3 Å². The molecule has 2 N–H and O–H groups in total. The molecule has 0 unspecified atom stereocenters. The number of nitrogens with zero attached hydrogens (tertiary/aromatic N) is 3. The summed E-state index contributed by atoms with van der Waals surface area (Å²) in [6.45, 7) is 1.87. The Balaban J connectivity index is 1.51. The lowest BCUT2D eigenvalue weighted by Crippen LogP contribution is -2.25. The van der Waals surface area contributed by atoms with E-state index in [-0.39, 0.29) is 17.9 Å². The molecule has 7 nitrogen and oxygen atoms in total. The third-order valence-electron chi connectivity index (χ3n) is 5.58. The molecule has 0 radical (unpaired) electrons. The van der Waals surface area contributed by atoms with Crippen LogP contribution in [0.4, 0.5) is 5.69 Å². The minimum absolute atomic E-state index is 0.121. The van der Waals surface area contributed by atoms with Gasteiger partial charge in [0.2, 0.25) is 0 Å².